The number of imide groups is 1. The Hall–Kier alpha value is -3.59. The first-order valence-corrected chi connectivity index (χ1v) is 7.55. The van der Waals surface area contributed by atoms with Crippen molar-refractivity contribution >= 4 is 41.7 Å². The third-order valence-corrected chi connectivity index (χ3v) is 3.32. The van der Waals surface area contributed by atoms with Crippen molar-refractivity contribution in [2.24, 2.45) is 5.73 Å². The van der Waals surface area contributed by atoms with Crippen LogP contribution in [0.2, 0.25) is 0 Å². The number of rotatable bonds is 12. The number of hydrogen-bond donors (Lipinski definition) is 7. The normalized spacial score (nSPS) is 14.6. The van der Waals surface area contributed by atoms with E-state index in [1.165, 1.54) is 5.32 Å². The second kappa shape index (κ2) is 10.1. The molecule has 8 N–H and O–H groups in total. The van der Waals surface area contributed by atoms with E-state index in [0.717, 1.165) is 0 Å². The highest BCUT2D eigenvalue weighted by atomic mass is 16.6. The van der Waals surface area contributed by atoms with Crippen molar-refractivity contribution in [3.63, 3.8) is 0 Å². The lowest BCUT2D eigenvalue weighted by molar-refractivity contribution is -0.183. The third kappa shape index (κ3) is 7.89. The first kappa shape index (κ1) is 25.4. The van der Waals surface area contributed by atoms with E-state index >= 15 is 0 Å². The summed E-state index contributed by atoms with van der Waals surface area (Å²) in [5.41, 5.74) is -1.05. The van der Waals surface area contributed by atoms with Gasteiger partial charge < -0.3 is 36.0 Å². The van der Waals surface area contributed by atoms with Crippen molar-refractivity contribution in [1.29, 1.82) is 0 Å². The molecule has 2 amide bonds. The summed E-state index contributed by atoms with van der Waals surface area (Å²) in [6.45, 7) is -0.851. The van der Waals surface area contributed by atoms with Crippen molar-refractivity contribution < 1.29 is 63.8 Å². The van der Waals surface area contributed by atoms with Gasteiger partial charge in [0, 0.05) is 0 Å². The second-order valence-electron chi connectivity index (χ2n) is 5.78. The van der Waals surface area contributed by atoms with E-state index in [2.05, 4.69) is 4.74 Å². The van der Waals surface area contributed by atoms with Crippen LogP contribution in [-0.2, 0) is 38.3 Å². The summed E-state index contributed by atoms with van der Waals surface area (Å²) in [4.78, 5) is 79.0. The van der Waals surface area contributed by atoms with Gasteiger partial charge in [-0.2, -0.15) is 0 Å². The van der Waals surface area contributed by atoms with Crippen LogP contribution in [0.3, 0.4) is 0 Å². The smallest absolute Gasteiger partial charge is 0.349 e. The third-order valence-electron chi connectivity index (χ3n) is 3.32. The molecule has 0 aromatic heterocycles. The Morgan fingerprint density at radius 2 is 1.24 bits per heavy atom. The van der Waals surface area contributed by atoms with E-state index in [4.69, 9.17) is 21.1 Å². The quantitative estimate of drug-likeness (QED) is 0.150. The second-order valence-corrected chi connectivity index (χ2v) is 5.78. The maximum Gasteiger partial charge on any atom is 0.349 e. The number of esters is 1. The maximum atomic E-state index is 11.9. The molecule has 15 nitrogen and oxygen atoms in total. The van der Waals surface area contributed by atoms with Gasteiger partial charge in [0.05, 0.1) is 32.2 Å². The molecule has 2 unspecified atom stereocenters. The van der Waals surface area contributed by atoms with Crippen molar-refractivity contribution in [1.82, 2.24) is 5.32 Å². The minimum Gasteiger partial charge on any atom is -0.481 e. The Morgan fingerprint density at radius 1 is 0.759 bits per heavy atom. The summed E-state index contributed by atoms with van der Waals surface area (Å²) >= 11 is 0. The molecule has 0 aliphatic rings. The van der Waals surface area contributed by atoms with E-state index in [1.807, 2.05) is 0 Å². The number of aliphatic hydroxyl groups is 1. The van der Waals surface area contributed by atoms with Crippen molar-refractivity contribution in [2.75, 3.05) is 6.54 Å². The largest absolute Gasteiger partial charge is 0.481 e. The van der Waals surface area contributed by atoms with Gasteiger partial charge in [0.2, 0.25) is 17.4 Å². The summed E-state index contributed by atoms with van der Waals surface area (Å²) in [6.07, 6.45) is -5.55. The van der Waals surface area contributed by atoms with E-state index in [-0.39, 0.29) is 0 Å². The predicted octanol–water partition coefficient (Wildman–Crippen LogP) is -3.50. The lowest BCUT2D eigenvalue weighted by Crippen LogP contribution is -2.51. The van der Waals surface area contributed by atoms with Crippen LogP contribution in [0.25, 0.3) is 0 Å². The number of amides is 2. The summed E-state index contributed by atoms with van der Waals surface area (Å²) < 4.78 is 4.47. The Kier molecular flexibility index (Phi) is 8.84. The van der Waals surface area contributed by atoms with Crippen molar-refractivity contribution in [3.05, 3.63) is 0 Å². The first-order chi connectivity index (χ1) is 13.2. The Labute approximate surface area is 161 Å². The van der Waals surface area contributed by atoms with Gasteiger partial charge >= 0.3 is 29.8 Å². The van der Waals surface area contributed by atoms with E-state index in [9.17, 15) is 43.8 Å². The molecule has 29 heavy (non-hydrogen) atoms. The number of nitrogens with two attached hydrogens (primary N) is 1. The fourth-order valence-corrected chi connectivity index (χ4v) is 2.07. The molecule has 0 rings (SSSR count). The number of ether oxygens (including phenoxy) is 1. The van der Waals surface area contributed by atoms with Gasteiger partial charge in [-0.05, 0) is 0 Å². The highest BCUT2D eigenvalue weighted by molar-refractivity contribution is 6.01. The van der Waals surface area contributed by atoms with E-state index < -0.39 is 85.1 Å². The molecule has 0 spiro atoms. The van der Waals surface area contributed by atoms with E-state index in [0.29, 0.717) is 0 Å². The highest BCUT2D eigenvalue weighted by Crippen LogP contribution is 2.23. The zero-order chi connectivity index (χ0) is 23.0. The fourth-order valence-electron chi connectivity index (χ4n) is 2.07. The van der Waals surface area contributed by atoms with Gasteiger partial charge in [-0.1, -0.05) is 0 Å². The van der Waals surface area contributed by atoms with Gasteiger partial charge in [0.15, 0.2) is 5.60 Å². The lowest BCUT2D eigenvalue weighted by Gasteiger charge is -2.27. The molecule has 0 aliphatic heterocycles. The number of carbonyl (C=O) groups excluding carboxylic acids is 3. The van der Waals surface area contributed by atoms with Crippen LogP contribution >= 0.6 is 0 Å². The number of aliphatic carboxylic acids is 4. The molecule has 162 valence electrons. The monoisotopic (exact) mass is 422 g/mol. The summed E-state index contributed by atoms with van der Waals surface area (Å²) in [5.74, 6) is -12.1. The number of nitrogens with one attached hydrogen (secondary N) is 1. The van der Waals surface area contributed by atoms with Gasteiger partial charge in [-0.15, -0.1) is 0 Å². The zero-order valence-corrected chi connectivity index (χ0v) is 14.6. The number of carbonyl (C=O) groups is 7. The molecule has 0 aliphatic carbocycles. The van der Waals surface area contributed by atoms with Crippen molar-refractivity contribution in [3.8, 4) is 0 Å². The molecule has 0 saturated heterocycles. The first-order valence-electron chi connectivity index (χ1n) is 7.55. The topological polar surface area (TPSA) is 268 Å². The predicted molar refractivity (Wildman–Crippen MR) is 85.0 cm³/mol. The molecule has 0 bridgehead atoms. The van der Waals surface area contributed by atoms with Crippen LogP contribution in [-0.4, -0.2) is 84.9 Å². The number of hydrogen-bond acceptors (Lipinski definition) is 10. The summed E-state index contributed by atoms with van der Waals surface area (Å²) in [5, 5.41) is 46.7. The van der Waals surface area contributed by atoms with E-state index in [1.54, 1.807) is 0 Å². The van der Waals surface area contributed by atoms with Gasteiger partial charge in [-0.25, -0.2) is 9.59 Å². The summed E-state index contributed by atoms with van der Waals surface area (Å²) in [7, 11) is 0. The molecule has 0 radical (unpaired) electrons. The molecule has 2 atom stereocenters. The highest BCUT2D eigenvalue weighted by Gasteiger charge is 2.47. The molecule has 0 fully saturated rings. The molecule has 0 aromatic carbocycles. The number of carboxylic acids is 4. The van der Waals surface area contributed by atoms with Gasteiger partial charge in [0.1, 0.15) is 0 Å². The Bertz CT molecular complexity index is 733. The molecule has 0 heterocycles. The standard InChI is InChI=1S/C14H18N2O13/c15-5-10(23)29-14(12(26)27,4-9(21)22)2-7(18)16-6(17)1-13(28,11(24)25)3-8(19)20/h28H,1-5,15H2,(H,19,20)(H,21,22)(H,24,25)(H,26,27)(H,16,17,18). The van der Waals surface area contributed by atoms with Gasteiger partial charge in [-0.3, -0.25) is 29.3 Å². The van der Waals surface area contributed by atoms with Crippen LogP contribution in [0.15, 0.2) is 0 Å². The molecule has 15 heteroatoms. The Balaban J connectivity index is 5.46. The minimum atomic E-state index is -3.08. The minimum absolute atomic E-state index is 0.851. The zero-order valence-electron chi connectivity index (χ0n) is 14.6. The SMILES string of the molecule is NCC(=O)OC(CC(=O)O)(CC(=O)NC(=O)CC(O)(CC(=O)O)C(=O)O)C(=O)O. The molecular formula is C14H18N2O13. The maximum absolute atomic E-state index is 11.9. The van der Waals surface area contributed by atoms with Crippen LogP contribution in [0.4, 0.5) is 0 Å². The van der Waals surface area contributed by atoms with Crippen molar-refractivity contribution in [2.45, 2.75) is 36.9 Å². The fraction of sp³-hybridized carbons (Fsp3) is 0.500. The summed E-state index contributed by atoms with van der Waals surface area (Å²) in [6, 6.07) is 0. The lowest BCUT2D eigenvalue weighted by atomic mass is 9.93. The molecule has 0 aromatic rings. The van der Waals surface area contributed by atoms with Crippen LogP contribution in [0.5, 0.6) is 0 Å². The van der Waals surface area contributed by atoms with Crippen LogP contribution < -0.4 is 11.1 Å². The molecule has 0 saturated carbocycles. The average Bonchev–Trinajstić information content (AvgIpc) is 2.51. The Morgan fingerprint density at radius 3 is 1.62 bits per heavy atom. The van der Waals surface area contributed by atoms with Crippen LogP contribution in [0, 0.1) is 0 Å². The van der Waals surface area contributed by atoms with Crippen LogP contribution in [0.1, 0.15) is 25.7 Å². The van der Waals surface area contributed by atoms with Gasteiger partial charge in [0.25, 0.3) is 0 Å². The molecular weight excluding hydrogens is 404 g/mol. The number of carboxylic acid groups (broad SMARTS) is 4. The average molecular weight is 422 g/mol.